The number of amides is 1. The van der Waals surface area contributed by atoms with Crippen LogP contribution in [0.4, 0.5) is 0 Å². The summed E-state index contributed by atoms with van der Waals surface area (Å²) in [5, 5.41) is 2.64. The predicted molar refractivity (Wildman–Crippen MR) is 74.9 cm³/mol. The van der Waals surface area contributed by atoms with Crippen molar-refractivity contribution in [2.24, 2.45) is 0 Å². The molecule has 0 bridgehead atoms. The van der Waals surface area contributed by atoms with Crippen LogP contribution in [0.25, 0.3) is 0 Å². The molecule has 0 aliphatic carbocycles. The summed E-state index contributed by atoms with van der Waals surface area (Å²) in [4.78, 5) is 27.0. The highest BCUT2D eigenvalue weighted by molar-refractivity contribution is 5.83. The SMILES string of the molecule is CCCN(CCN(C)C)CC(NC(C)=O)C(=O)OC. The Labute approximate surface area is 116 Å². The zero-order valence-corrected chi connectivity index (χ0v) is 12.7. The summed E-state index contributed by atoms with van der Waals surface area (Å²) in [6.07, 6.45) is 1.00. The first-order valence-corrected chi connectivity index (χ1v) is 6.62. The Morgan fingerprint density at radius 3 is 2.26 bits per heavy atom. The molecule has 0 spiro atoms. The van der Waals surface area contributed by atoms with Crippen molar-refractivity contribution in [3.05, 3.63) is 0 Å². The number of hydrogen-bond donors (Lipinski definition) is 1. The molecule has 0 saturated carbocycles. The molecule has 0 aromatic heterocycles. The van der Waals surface area contributed by atoms with E-state index < -0.39 is 12.0 Å². The molecule has 112 valence electrons. The normalized spacial score (nSPS) is 12.6. The smallest absolute Gasteiger partial charge is 0.329 e. The molecule has 1 atom stereocenters. The van der Waals surface area contributed by atoms with E-state index in [2.05, 4.69) is 22.0 Å². The molecule has 0 radical (unpaired) electrons. The molecular weight excluding hydrogens is 246 g/mol. The molecular formula is C13H27N3O3. The topological polar surface area (TPSA) is 61.9 Å². The van der Waals surface area contributed by atoms with Gasteiger partial charge in [-0.25, -0.2) is 4.79 Å². The van der Waals surface area contributed by atoms with E-state index >= 15 is 0 Å². The number of rotatable bonds is 9. The number of hydrogen-bond acceptors (Lipinski definition) is 5. The summed E-state index contributed by atoms with van der Waals surface area (Å²) in [5.74, 6) is -0.624. The molecule has 0 aromatic carbocycles. The van der Waals surface area contributed by atoms with Gasteiger partial charge < -0.3 is 15.0 Å². The zero-order chi connectivity index (χ0) is 14.8. The van der Waals surface area contributed by atoms with Crippen LogP contribution in [0.1, 0.15) is 20.3 Å². The third kappa shape index (κ3) is 8.56. The van der Waals surface area contributed by atoms with Crippen molar-refractivity contribution in [1.29, 1.82) is 0 Å². The maximum atomic E-state index is 11.7. The molecule has 0 aliphatic rings. The number of methoxy groups -OCH3 is 1. The van der Waals surface area contributed by atoms with Gasteiger partial charge in [-0.1, -0.05) is 6.92 Å². The Bertz CT molecular complexity index is 282. The average molecular weight is 273 g/mol. The Morgan fingerprint density at radius 2 is 1.84 bits per heavy atom. The van der Waals surface area contributed by atoms with Crippen LogP contribution in [-0.4, -0.2) is 75.1 Å². The van der Waals surface area contributed by atoms with Gasteiger partial charge >= 0.3 is 5.97 Å². The second-order valence-corrected chi connectivity index (χ2v) is 4.88. The fourth-order valence-electron chi connectivity index (χ4n) is 1.78. The van der Waals surface area contributed by atoms with E-state index in [0.717, 1.165) is 26.1 Å². The third-order valence-electron chi connectivity index (χ3n) is 2.71. The molecule has 0 fully saturated rings. The highest BCUT2D eigenvalue weighted by Gasteiger charge is 2.22. The number of carbonyl (C=O) groups is 2. The lowest BCUT2D eigenvalue weighted by Crippen LogP contribution is -2.49. The van der Waals surface area contributed by atoms with E-state index in [1.54, 1.807) is 0 Å². The predicted octanol–water partition coefficient (Wildman–Crippen LogP) is -0.0623. The first-order valence-electron chi connectivity index (χ1n) is 6.62. The largest absolute Gasteiger partial charge is 0.467 e. The van der Waals surface area contributed by atoms with Crippen molar-refractivity contribution < 1.29 is 14.3 Å². The Balaban J connectivity index is 4.53. The molecule has 1 amide bonds. The number of esters is 1. The van der Waals surface area contributed by atoms with Gasteiger partial charge in [-0.15, -0.1) is 0 Å². The Morgan fingerprint density at radius 1 is 1.21 bits per heavy atom. The van der Waals surface area contributed by atoms with Gasteiger partial charge in [-0.2, -0.15) is 0 Å². The fraction of sp³-hybridized carbons (Fsp3) is 0.846. The molecule has 0 aromatic rings. The lowest BCUT2D eigenvalue weighted by molar-refractivity contribution is -0.145. The number of carbonyl (C=O) groups excluding carboxylic acids is 2. The van der Waals surface area contributed by atoms with Gasteiger partial charge in [0.25, 0.3) is 0 Å². The van der Waals surface area contributed by atoms with Crippen molar-refractivity contribution in [1.82, 2.24) is 15.1 Å². The van der Waals surface area contributed by atoms with Crippen LogP contribution in [0.3, 0.4) is 0 Å². The lowest BCUT2D eigenvalue weighted by atomic mass is 10.2. The van der Waals surface area contributed by atoms with E-state index in [1.807, 2.05) is 14.1 Å². The molecule has 0 rings (SSSR count). The van der Waals surface area contributed by atoms with Gasteiger partial charge in [0, 0.05) is 26.6 Å². The number of likely N-dealkylation sites (N-methyl/N-ethyl adjacent to an activating group) is 1. The number of ether oxygens (including phenoxy) is 1. The Hall–Kier alpha value is -1.14. The van der Waals surface area contributed by atoms with Crippen LogP contribution < -0.4 is 5.32 Å². The number of nitrogens with zero attached hydrogens (tertiary/aromatic N) is 2. The molecule has 0 aliphatic heterocycles. The second kappa shape index (κ2) is 9.75. The van der Waals surface area contributed by atoms with Gasteiger partial charge in [-0.3, -0.25) is 9.69 Å². The summed E-state index contributed by atoms with van der Waals surface area (Å²) in [7, 11) is 5.35. The van der Waals surface area contributed by atoms with Crippen molar-refractivity contribution in [3.63, 3.8) is 0 Å². The summed E-state index contributed by atoms with van der Waals surface area (Å²) in [6, 6.07) is -0.601. The number of nitrogens with one attached hydrogen (secondary N) is 1. The molecule has 6 nitrogen and oxygen atoms in total. The molecule has 1 N–H and O–H groups in total. The summed E-state index contributed by atoms with van der Waals surface area (Å²) in [6.45, 7) is 6.63. The lowest BCUT2D eigenvalue weighted by Gasteiger charge is -2.27. The molecule has 0 saturated heterocycles. The van der Waals surface area contributed by atoms with Crippen LogP contribution >= 0.6 is 0 Å². The van der Waals surface area contributed by atoms with Crippen molar-refractivity contribution >= 4 is 11.9 Å². The first-order chi connectivity index (χ1) is 8.90. The monoisotopic (exact) mass is 273 g/mol. The maximum Gasteiger partial charge on any atom is 0.329 e. The van der Waals surface area contributed by atoms with E-state index in [1.165, 1.54) is 14.0 Å². The van der Waals surface area contributed by atoms with E-state index in [9.17, 15) is 9.59 Å². The summed E-state index contributed by atoms with van der Waals surface area (Å²) >= 11 is 0. The van der Waals surface area contributed by atoms with Crippen LogP contribution in [0.5, 0.6) is 0 Å². The summed E-state index contributed by atoms with van der Waals surface area (Å²) < 4.78 is 4.73. The van der Waals surface area contributed by atoms with Gasteiger partial charge in [0.1, 0.15) is 6.04 Å². The van der Waals surface area contributed by atoms with Crippen molar-refractivity contribution in [2.45, 2.75) is 26.3 Å². The van der Waals surface area contributed by atoms with E-state index in [0.29, 0.717) is 6.54 Å². The highest BCUT2D eigenvalue weighted by atomic mass is 16.5. The maximum absolute atomic E-state index is 11.7. The minimum absolute atomic E-state index is 0.223. The average Bonchev–Trinajstić information content (AvgIpc) is 2.33. The van der Waals surface area contributed by atoms with Crippen molar-refractivity contribution in [3.8, 4) is 0 Å². The van der Waals surface area contributed by atoms with Crippen LogP contribution in [0, 0.1) is 0 Å². The minimum Gasteiger partial charge on any atom is -0.467 e. The van der Waals surface area contributed by atoms with Crippen LogP contribution in [0.2, 0.25) is 0 Å². The zero-order valence-electron chi connectivity index (χ0n) is 12.7. The van der Waals surface area contributed by atoms with E-state index in [-0.39, 0.29) is 5.91 Å². The highest BCUT2D eigenvalue weighted by Crippen LogP contribution is 1.98. The molecule has 19 heavy (non-hydrogen) atoms. The van der Waals surface area contributed by atoms with Gasteiger partial charge in [0.05, 0.1) is 7.11 Å². The minimum atomic E-state index is -0.601. The van der Waals surface area contributed by atoms with Crippen molar-refractivity contribution in [2.75, 3.05) is 47.4 Å². The fourth-order valence-corrected chi connectivity index (χ4v) is 1.78. The standard InChI is InChI=1S/C13H27N3O3/c1-6-7-16(9-8-15(3)4)10-12(13(18)19-5)14-11(2)17/h12H,6-10H2,1-5H3,(H,14,17). The first kappa shape index (κ1) is 17.9. The van der Waals surface area contributed by atoms with Crippen LogP contribution in [0.15, 0.2) is 0 Å². The van der Waals surface area contributed by atoms with Gasteiger partial charge in [0.2, 0.25) is 5.91 Å². The van der Waals surface area contributed by atoms with Crippen LogP contribution in [-0.2, 0) is 14.3 Å². The van der Waals surface area contributed by atoms with Gasteiger partial charge in [0.15, 0.2) is 0 Å². The second-order valence-electron chi connectivity index (χ2n) is 4.88. The van der Waals surface area contributed by atoms with E-state index in [4.69, 9.17) is 4.74 Å². The quantitative estimate of drug-likeness (QED) is 0.596. The molecule has 1 unspecified atom stereocenters. The third-order valence-corrected chi connectivity index (χ3v) is 2.71. The Kier molecular flexibility index (Phi) is 9.16. The molecule has 6 heteroatoms. The summed E-state index contributed by atoms with van der Waals surface area (Å²) in [5.41, 5.74) is 0. The molecule has 0 heterocycles. The van der Waals surface area contributed by atoms with Gasteiger partial charge in [-0.05, 0) is 27.1 Å².